The Morgan fingerprint density at radius 3 is 2.48 bits per heavy atom. The molecule has 0 aliphatic carbocycles. The molecular weight excluding hydrogens is 308 g/mol. The van der Waals surface area contributed by atoms with Crippen LogP contribution in [-0.4, -0.2) is 21.5 Å². The summed E-state index contributed by atoms with van der Waals surface area (Å²) < 4.78 is 2.19. The van der Waals surface area contributed by atoms with Gasteiger partial charge in [0, 0.05) is 31.2 Å². The molecular formula is C21H28N4. The molecule has 0 radical (unpaired) electrons. The highest BCUT2D eigenvalue weighted by Crippen LogP contribution is 2.26. The fourth-order valence-electron chi connectivity index (χ4n) is 3.13. The van der Waals surface area contributed by atoms with E-state index in [-0.39, 0.29) is 6.04 Å². The number of imidazole rings is 1. The lowest BCUT2D eigenvalue weighted by molar-refractivity contribution is 0.622. The number of benzene rings is 1. The van der Waals surface area contributed by atoms with E-state index >= 15 is 0 Å². The summed E-state index contributed by atoms with van der Waals surface area (Å²) in [6.07, 6.45) is 3.87. The molecule has 0 saturated heterocycles. The number of pyridine rings is 1. The average Bonchev–Trinajstić information content (AvgIpc) is 2.98. The summed E-state index contributed by atoms with van der Waals surface area (Å²) in [6, 6.07) is 17.2. The number of anilines is 1. The van der Waals surface area contributed by atoms with E-state index in [1.54, 1.807) is 0 Å². The van der Waals surface area contributed by atoms with Gasteiger partial charge in [0.1, 0.15) is 5.65 Å². The molecule has 0 spiro atoms. The number of hydrogen-bond acceptors (Lipinski definition) is 3. The first-order chi connectivity index (χ1) is 12.1. The standard InChI is InChI=1S/C21H28N4/c1-4-18(22)14-19-21(23-20-12-8-9-13-24(19)20)25(16(2)3)15-17-10-6-5-7-11-17/h5-13,16,18H,4,14-15,22H2,1-3H3. The summed E-state index contributed by atoms with van der Waals surface area (Å²) in [4.78, 5) is 7.33. The molecule has 4 heteroatoms. The van der Waals surface area contributed by atoms with E-state index in [1.807, 2.05) is 6.07 Å². The zero-order valence-electron chi connectivity index (χ0n) is 15.4. The van der Waals surface area contributed by atoms with Gasteiger partial charge in [0.15, 0.2) is 5.82 Å². The third kappa shape index (κ3) is 3.85. The van der Waals surface area contributed by atoms with E-state index < -0.39 is 0 Å². The normalized spacial score (nSPS) is 12.7. The van der Waals surface area contributed by atoms with Crippen molar-refractivity contribution in [3.8, 4) is 0 Å². The molecule has 1 atom stereocenters. The lowest BCUT2D eigenvalue weighted by Gasteiger charge is -2.28. The first-order valence-electron chi connectivity index (χ1n) is 9.12. The third-order valence-electron chi connectivity index (χ3n) is 4.68. The highest BCUT2D eigenvalue weighted by atomic mass is 15.2. The molecule has 2 N–H and O–H groups in total. The maximum atomic E-state index is 6.29. The maximum Gasteiger partial charge on any atom is 0.151 e. The quantitative estimate of drug-likeness (QED) is 0.708. The molecule has 2 heterocycles. The van der Waals surface area contributed by atoms with Crippen LogP contribution in [-0.2, 0) is 13.0 Å². The van der Waals surface area contributed by atoms with Gasteiger partial charge in [-0.25, -0.2) is 4.98 Å². The van der Waals surface area contributed by atoms with Crippen molar-refractivity contribution in [3.63, 3.8) is 0 Å². The van der Waals surface area contributed by atoms with Crippen LogP contribution in [0.25, 0.3) is 5.65 Å². The lowest BCUT2D eigenvalue weighted by Crippen LogP contribution is -2.32. The SMILES string of the molecule is CCC(N)Cc1c(N(Cc2ccccc2)C(C)C)nc2ccccn12. The fraction of sp³-hybridized carbons (Fsp3) is 0.381. The minimum absolute atomic E-state index is 0.143. The Balaban J connectivity index is 2.05. The van der Waals surface area contributed by atoms with Crippen molar-refractivity contribution < 1.29 is 0 Å². The lowest BCUT2D eigenvalue weighted by atomic mass is 10.1. The van der Waals surface area contributed by atoms with Crippen LogP contribution in [0.1, 0.15) is 38.4 Å². The zero-order valence-corrected chi connectivity index (χ0v) is 15.4. The minimum Gasteiger partial charge on any atom is -0.348 e. The van der Waals surface area contributed by atoms with Crippen LogP contribution >= 0.6 is 0 Å². The zero-order chi connectivity index (χ0) is 17.8. The Morgan fingerprint density at radius 2 is 1.80 bits per heavy atom. The maximum absolute atomic E-state index is 6.29. The molecule has 0 aliphatic rings. The van der Waals surface area contributed by atoms with E-state index in [1.165, 1.54) is 11.3 Å². The number of fused-ring (bicyclic) bond motifs is 1. The Kier molecular flexibility index (Phi) is 5.39. The minimum atomic E-state index is 0.143. The molecule has 0 amide bonds. The van der Waals surface area contributed by atoms with Crippen molar-refractivity contribution in [1.82, 2.24) is 9.38 Å². The van der Waals surface area contributed by atoms with Crippen molar-refractivity contribution in [2.24, 2.45) is 5.73 Å². The van der Waals surface area contributed by atoms with Gasteiger partial charge in [0.25, 0.3) is 0 Å². The largest absolute Gasteiger partial charge is 0.348 e. The molecule has 25 heavy (non-hydrogen) atoms. The summed E-state index contributed by atoms with van der Waals surface area (Å²) in [7, 11) is 0. The molecule has 0 bridgehead atoms. The van der Waals surface area contributed by atoms with E-state index in [9.17, 15) is 0 Å². The van der Waals surface area contributed by atoms with E-state index in [4.69, 9.17) is 10.7 Å². The van der Waals surface area contributed by atoms with Crippen LogP contribution in [0.5, 0.6) is 0 Å². The predicted molar refractivity (Wildman–Crippen MR) is 105 cm³/mol. The highest BCUT2D eigenvalue weighted by Gasteiger charge is 2.21. The van der Waals surface area contributed by atoms with Gasteiger partial charge in [-0.05, 0) is 38.0 Å². The fourth-order valence-corrected chi connectivity index (χ4v) is 3.13. The summed E-state index contributed by atoms with van der Waals surface area (Å²) in [5, 5.41) is 0. The Labute approximate surface area is 150 Å². The van der Waals surface area contributed by atoms with Gasteiger partial charge in [-0.3, -0.25) is 0 Å². The summed E-state index contributed by atoms with van der Waals surface area (Å²) in [5.41, 5.74) is 9.77. The molecule has 0 fully saturated rings. The number of aromatic nitrogens is 2. The molecule has 4 nitrogen and oxygen atoms in total. The molecule has 0 saturated carbocycles. The average molecular weight is 336 g/mol. The van der Waals surface area contributed by atoms with Crippen molar-refractivity contribution in [1.29, 1.82) is 0 Å². The van der Waals surface area contributed by atoms with Crippen molar-refractivity contribution in [2.75, 3.05) is 4.90 Å². The monoisotopic (exact) mass is 336 g/mol. The highest BCUT2D eigenvalue weighted by molar-refractivity contribution is 5.57. The van der Waals surface area contributed by atoms with E-state index in [0.29, 0.717) is 6.04 Å². The van der Waals surface area contributed by atoms with Gasteiger partial charge >= 0.3 is 0 Å². The van der Waals surface area contributed by atoms with Gasteiger partial charge in [-0.2, -0.15) is 0 Å². The number of nitrogens with two attached hydrogens (primary N) is 1. The first-order valence-corrected chi connectivity index (χ1v) is 9.12. The van der Waals surface area contributed by atoms with Crippen LogP contribution in [0.15, 0.2) is 54.7 Å². The van der Waals surface area contributed by atoms with Crippen molar-refractivity contribution in [2.45, 2.75) is 52.2 Å². The molecule has 1 unspecified atom stereocenters. The molecule has 2 aromatic heterocycles. The summed E-state index contributed by atoms with van der Waals surface area (Å²) in [6.45, 7) is 7.42. The van der Waals surface area contributed by atoms with Crippen molar-refractivity contribution >= 4 is 11.5 Å². The van der Waals surface area contributed by atoms with E-state index in [2.05, 4.69) is 78.7 Å². The smallest absolute Gasteiger partial charge is 0.151 e. The molecule has 132 valence electrons. The van der Waals surface area contributed by atoms with Gasteiger partial charge < -0.3 is 15.0 Å². The second-order valence-electron chi connectivity index (χ2n) is 6.89. The van der Waals surface area contributed by atoms with Crippen LogP contribution in [0.2, 0.25) is 0 Å². The van der Waals surface area contributed by atoms with Gasteiger partial charge in [-0.1, -0.05) is 43.3 Å². The Hall–Kier alpha value is -2.33. The number of hydrogen-bond donors (Lipinski definition) is 1. The van der Waals surface area contributed by atoms with Crippen LogP contribution in [0.3, 0.4) is 0 Å². The van der Waals surface area contributed by atoms with Crippen LogP contribution in [0.4, 0.5) is 5.82 Å². The van der Waals surface area contributed by atoms with Crippen molar-refractivity contribution in [3.05, 3.63) is 66.0 Å². The van der Waals surface area contributed by atoms with Gasteiger partial charge in [0.2, 0.25) is 0 Å². The Morgan fingerprint density at radius 1 is 1.08 bits per heavy atom. The first kappa shape index (κ1) is 17.5. The second kappa shape index (κ2) is 7.70. The topological polar surface area (TPSA) is 46.6 Å². The number of nitrogens with zero attached hydrogens (tertiary/aromatic N) is 3. The Bertz CT molecular complexity index is 807. The molecule has 3 aromatic rings. The molecule has 1 aromatic carbocycles. The van der Waals surface area contributed by atoms with Gasteiger partial charge in [0.05, 0.1) is 5.69 Å². The summed E-state index contributed by atoms with van der Waals surface area (Å²) >= 11 is 0. The predicted octanol–water partition coefficient (Wildman–Crippen LogP) is 4.03. The van der Waals surface area contributed by atoms with E-state index in [0.717, 1.165) is 30.9 Å². The summed E-state index contributed by atoms with van der Waals surface area (Å²) in [5.74, 6) is 1.05. The molecule has 0 aliphatic heterocycles. The van der Waals surface area contributed by atoms with Gasteiger partial charge in [-0.15, -0.1) is 0 Å². The van der Waals surface area contributed by atoms with Crippen LogP contribution < -0.4 is 10.6 Å². The number of rotatable bonds is 7. The molecule has 3 rings (SSSR count). The van der Waals surface area contributed by atoms with Crippen LogP contribution in [0, 0.1) is 0 Å². The third-order valence-corrected chi connectivity index (χ3v) is 4.68. The second-order valence-corrected chi connectivity index (χ2v) is 6.89.